The molecular weight excluding hydrogens is 352 g/mol. The van der Waals surface area contributed by atoms with Gasteiger partial charge in [-0.25, -0.2) is 0 Å². The lowest BCUT2D eigenvalue weighted by Gasteiger charge is -2.12. The normalized spacial score (nSPS) is 14.1. The molecule has 0 saturated carbocycles. The summed E-state index contributed by atoms with van der Waals surface area (Å²) in [7, 11) is 0. The van der Waals surface area contributed by atoms with Crippen LogP contribution in [-0.4, -0.2) is 24.2 Å². The summed E-state index contributed by atoms with van der Waals surface area (Å²) in [6, 6.07) is 13.8. The number of rotatable bonds is 8. The highest BCUT2D eigenvalue weighted by Gasteiger charge is 2.10. The van der Waals surface area contributed by atoms with Crippen molar-refractivity contribution in [1.82, 2.24) is 0 Å². The van der Waals surface area contributed by atoms with Crippen molar-refractivity contribution in [3.8, 4) is 5.75 Å². The average Bonchev–Trinajstić information content (AvgIpc) is 2.65. The van der Waals surface area contributed by atoms with Gasteiger partial charge in [-0.1, -0.05) is 38.1 Å². The molecule has 0 aliphatic heterocycles. The van der Waals surface area contributed by atoms with E-state index in [1.807, 2.05) is 24.3 Å². The molecule has 2 aromatic carbocycles. The molecule has 2 unspecified atom stereocenters. The maximum absolute atomic E-state index is 12.3. The number of nitrogens with one attached hydrogen (secondary N) is 1. The molecule has 0 heterocycles. The van der Waals surface area contributed by atoms with Gasteiger partial charge in [-0.3, -0.25) is 4.99 Å². The molecule has 0 fully saturated rings. The third-order valence-electron chi connectivity index (χ3n) is 4.27. The first-order valence-corrected chi connectivity index (χ1v) is 8.78. The predicted octanol–water partition coefficient (Wildman–Crippen LogP) is 4.26. The van der Waals surface area contributed by atoms with Crippen LogP contribution < -0.4 is 15.8 Å². The van der Waals surface area contributed by atoms with E-state index in [4.69, 9.17) is 5.73 Å². The number of nitrogens with two attached hydrogens (primary N) is 1. The summed E-state index contributed by atoms with van der Waals surface area (Å²) in [6.45, 7) is 1.38. The van der Waals surface area contributed by atoms with Crippen molar-refractivity contribution in [2.24, 2.45) is 10.7 Å². The zero-order valence-electron chi connectivity index (χ0n) is 15.4. The second kappa shape index (κ2) is 9.87. The van der Waals surface area contributed by atoms with Crippen LogP contribution in [0.1, 0.15) is 43.4 Å². The number of halogens is 2. The Morgan fingerprint density at radius 1 is 1.19 bits per heavy atom. The van der Waals surface area contributed by atoms with Crippen LogP contribution >= 0.6 is 0 Å². The van der Waals surface area contributed by atoms with Gasteiger partial charge in [0.25, 0.3) is 0 Å². The van der Waals surface area contributed by atoms with Crippen LogP contribution in [0.25, 0.3) is 0 Å². The molecule has 2 aromatic rings. The Kier molecular flexibility index (Phi) is 7.55. The fourth-order valence-electron chi connectivity index (χ4n) is 2.51. The molecule has 4 N–H and O–H groups in total. The SMILES string of the molecule is CCC(C)c1ccc(NC(N)=NCC(O)c2cccc(OC(F)F)c2)cc1. The van der Waals surface area contributed by atoms with Crippen LogP contribution in [0.3, 0.4) is 0 Å². The highest BCUT2D eigenvalue weighted by atomic mass is 19.3. The van der Waals surface area contributed by atoms with E-state index >= 15 is 0 Å². The largest absolute Gasteiger partial charge is 0.435 e. The summed E-state index contributed by atoms with van der Waals surface area (Å²) < 4.78 is 28.9. The Labute approximate surface area is 157 Å². The fourth-order valence-corrected chi connectivity index (χ4v) is 2.51. The average molecular weight is 377 g/mol. The molecule has 0 aliphatic rings. The Hall–Kier alpha value is -2.67. The minimum absolute atomic E-state index is 0.0120. The molecule has 0 radical (unpaired) electrons. The first-order chi connectivity index (χ1) is 12.9. The standard InChI is InChI=1S/C20H25F2N3O2/c1-3-13(2)14-7-9-16(10-8-14)25-20(23)24-12-18(26)15-5-4-6-17(11-15)27-19(21)22/h4-11,13,18-19,26H,3,12H2,1-2H3,(H3,23,24,25). The molecule has 2 atom stereocenters. The molecule has 0 aliphatic carbocycles. The highest BCUT2D eigenvalue weighted by Crippen LogP contribution is 2.22. The summed E-state index contributed by atoms with van der Waals surface area (Å²) in [5.74, 6) is 0.633. The third kappa shape index (κ3) is 6.53. The fraction of sp³-hybridized carbons (Fsp3) is 0.350. The molecule has 0 saturated heterocycles. The maximum Gasteiger partial charge on any atom is 0.387 e. The third-order valence-corrected chi connectivity index (χ3v) is 4.27. The molecule has 5 nitrogen and oxygen atoms in total. The smallest absolute Gasteiger partial charge is 0.387 e. The van der Waals surface area contributed by atoms with Gasteiger partial charge in [0.1, 0.15) is 5.75 Å². The van der Waals surface area contributed by atoms with Crippen molar-refractivity contribution in [1.29, 1.82) is 0 Å². The van der Waals surface area contributed by atoms with Gasteiger partial charge >= 0.3 is 6.61 Å². The molecule has 7 heteroatoms. The summed E-state index contributed by atoms with van der Waals surface area (Å²) in [5.41, 5.74) is 8.32. The van der Waals surface area contributed by atoms with E-state index in [1.165, 1.54) is 23.8 Å². The summed E-state index contributed by atoms with van der Waals surface area (Å²) in [6.07, 6.45) is 0.0806. The molecule has 0 bridgehead atoms. The van der Waals surface area contributed by atoms with Gasteiger partial charge in [0.15, 0.2) is 5.96 Å². The van der Waals surface area contributed by atoms with Crippen LogP contribution in [0.2, 0.25) is 0 Å². The zero-order valence-corrected chi connectivity index (χ0v) is 15.4. The number of anilines is 1. The van der Waals surface area contributed by atoms with Gasteiger partial charge in [-0.15, -0.1) is 0 Å². The van der Waals surface area contributed by atoms with Crippen LogP contribution in [0.15, 0.2) is 53.5 Å². The van der Waals surface area contributed by atoms with E-state index in [-0.39, 0.29) is 18.3 Å². The lowest BCUT2D eigenvalue weighted by Crippen LogP contribution is -2.23. The molecule has 27 heavy (non-hydrogen) atoms. The van der Waals surface area contributed by atoms with E-state index in [2.05, 4.69) is 28.9 Å². The lowest BCUT2D eigenvalue weighted by atomic mass is 9.99. The minimum Gasteiger partial charge on any atom is -0.435 e. The van der Waals surface area contributed by atoms with E-state index in [1.54, 1.807) is 6.07 Å². The molecule has 0 amide bonds. The minimum atomic E-state index is -2.91. The van der Waals surface area contributed by atoms with E-state index < -0.39 is 12.7 Å². The Bertz CT molecular complexity index is 751. The molecule has 146 valence electrons. The van der Waals surface area contributed by atoms with Crippen molar-refractivity contribution < 1.29 is 18.6 Å². The van der Waals surface area contributed by atoms with Crippen molar-refractivity contribution in [2.75, 3.05) is 11.9 Å². The summed E-state index contributed by atoms with van der Waals surface area (Å²) >= 11 is 0. The van der Waals surface area contributed by atoms with Crippen molar-refractivity contribution in [3.63, 3.8) is 0 Å². The van der Waals surface area contributed by atoms with Crippen LogP contribution in [0.5, 0.6) is 5.75 Å². The van der Waals surface area contributed by atoms with Gasteiger partial charge in [-0.05, 0) is 47.7 Å². The number of guanidine groups is 1. The van der Waals surface area contributed by atoms with Gasteiger partial charge < -0.3 is 20.9 Å². The van der Waals surface area contributed by atoms with Crippen molar-refractivity contribution >= 4 is 11.6 Å². The Balaban J connectivity index is 1.94. The Morgan fingerprint density at radius 2 is 1.89 bits per heavy atom. The molecule has 0 spiro atoms. The van der Waals surface area contributed by atoms with Gasteiger partial charge in [0, 0.05) is 5.69 Å². The highest BCUT2D eigenvalue weighted by molar-refractivity contribution is 5.92. The quantitative estimate of drug-likeness (QED) is 0.474. The second-order valence-electron chi connectivity index (χ2n) is 6.25. The predicted molar refractivity (Wildman–Crippen MR) is 103 cm³/mol. The van der Waals surface area contributed by atoms with E-state index in [0.717, 1.165) is 12.1 Å². The number of aliphatic imine (C=N–C) groups is 1. The zero-order chi connectivity index (χ0) is 19.8. The number of benzene rings is 2. The topological polar surface area (TPSA) is 79.9 Å². The Morgan fingerprint density at radius 3 is 2.52 bits per heavy atom. The van der Waals surface area contributed by atoms with Gasteiger partial charge in [0.05, 0.1) is 12.6 Å². The lowest BCUT2D eigenvalue weighted by molar-refractivity contribution is -0.0499. The van der Waals surface area contributed by atoms with Gasteiger partial charge in [-0.2, -0.15) is 8.78 Å². The number of ether oxygens (including phenoxy) is 1. The number of aliphatic hydroxyl groups excluding tert-OH is 1. The number of aliphatic hydroxyl groups is 1. The van der Waals surface area contributed by atoms with Crippen LogP contribution in [0, 0.1) is 0 Å². The monoisotopic (exact) mass is 377 g/mol. The number of nitrogens with zero attached hydrogens (tertiary/aromatic N) is 1. The maximum atomic E-state index is 12.3. The first kappa shape index (κ1) is 20.6. The molecule has 0 aromatic heterocycles. The van der Waals surface area contributed by atoms with E-state index in [9.17, 15) is 13.9 Å². The summed E-state index contributed by atoms with van der Waals surface area (Å²) in [4.78, 5) is 4.10. The number of hydrogen-bond donors (Lipinski definition) is 3. The number of hydrogen-bond acceptors (Lipinski definition) is 3. The molecular formula is C20H25F2N3O2. The van der Waals surface area contributed by atoms with Crippen LogP contribution in [0.4, 0.5) is 14.5 Å². The van der Waals surface area contributed by atoms with Crippen molar-refractivity contribution in [2.45, 2.75) is 38.9 Å². The molecule has 2 rings (SSSR count). The van der Waals surface area contributed by atoms with Crippen LogP contribution in [-0.2, 0) is 0 Å². The number of alkyl halides is 2. The van der Waals surface area contributed by atoms with E-state index in [0.29, 0.717) is 11.5 Å². The van der Waals surface area contributed by atoms with Crippen molar-refractivity contribution in [3.05, 3.63) is 59.7 Å². The summed E-state index contributed by atoms with van der Waals surface area (Å²) in [5, 5.41) is 13.1. The second-order valence-corrected chi connectivity index (χ2v) is 6.25. The van der Waals surface area contributed by atoms with Gasteiger partial charge in [0.2, 0.25) is 0 Å². The first-order valence-electron chi connectivity index (χ1n) is 8.78.